The van der Waals surface area contributed by atoms with Gasteiger partial charge in [-0.3, -0.25) is 4.79 Å². The fraction of sp³-hybridized carbons (Fsp3) is 0.417. The van der Waals surface area contributed by atoms with Crippen molar-refractivity contribution in [2.75, 3.05) is 23.8 Å². The molecule has 0 bridgehead atoms. The number of anilines is 1. The van der Waals surface area contributed by atoms with Crippen molar-refractivity contribution in [2.24, 2.45) is 0 Å². The molecule has 1 heterocycles. The Balaban J connectivity index is 2.39. The maximum atomic E-state index is 11.8. The van der Waals surface area contributed by atoms with E-state index in [1.54, 1.807) is 17.0 Å². The van der Waals surface area contributed by atoms with Gasteiger partial charge >= 0.3 is 0 Å². The van der Waals surface area contributed by atoms with Crippen LogP contribution in [0.15, 0.2) is 23.1 Å². The van der Waals surface area contributed by atoms with Crippen LogP contribution in [0.4, 0.5) is 5.69 Å². The van der Waals surface area contributed by atoms with Crippen molar-refractivity contribution < 1.29 is 18.3 Å². The standard InChI is InChI=1S/C12H15NO4S/c1-9(15)13-5-4-10-8-11(2-3-12(10)13)18(16,17)7-6-14/h2-3,8,14H,4-7H2,1H3. The van der Waals surface area contributed by atoms with E-state index in [0.717, 1.165) is 11.3 Å². The molecule has 0 fully saturated rings. The molecule has 0 aromatic heterocycles. The molecule has 2 rings (SSSR count). The molecule has 5 nitrogen and oxygen atoms in total. The van der Waals surface area contributed by atoms with Crippen molar-refractivity contribution in [1.29, 1.82) is 0 Å². The summed E-state index contributed by atoms with van der Waals surface area (Å²) in [6, 6.07) is 4.75. The number of carbonyl (C=O) groups excluding carboxylic acids is 1. The summed E-state index contributed by atoms with van der Waals surface area (Å²) >= 11 is 0. The molecule has 0 spiro atoms. The van der Waals surface area contributed by atoms with Crippen LogP contribution in [-0.4, -0.2) is 38.3 Å². The van der Waals surface area contributed by atoms with E-state index >= 15 is 0 Å². The van der Waals surface area contributed by atoms with E-state index < -0.39 is 9.84 Å². The van der Waals surface area contributed by atoms with E-state index in [2.05, 4.69) is 0 Å². The smallest absolute Gasteiger partial charge is 0.223 e. The quantitative estimate of drug-likeness (QED) is 0.860. The van der Waals surface area contributed by atoms with Gasteiger partial charge in [0.05, 0.1) is 17.3 Å². The average molecular weight is 269 g/mol. The van der Waals surface area contributed by atoms with Crippen molar-refractivity contribution in [3.05, 3.63) is 23.8 Å². The first-order valence-electron chi connectivity index (χ1n) is 5.70. The SMILES string of the molecule is CC(=O)N1CCc2cc(S(=O)(=O)CCO)ccc21. The first-order valence-corrected chi connectivity index (χ1v) is 7.35. The van der Waals surface area contributed by atoms with E-state index in [0.29, 0.717) is 13.0 Å². The number of rotatable bonds is 3. The zero-order valence-corrected chi connectivity index (χ0v) is 10.9. The van der Waals surface area contributed by atoms with Gasteiger partial charge in [-0.2, -0.15) is 0 Å². The van der Waals surface area contributed by atoms with Crippen LogP contribution in [0.3, 0.4) is 0 Å². The Bertz CT molecular complexity index is 580. The highest BCUT2D eigenvalue weighted by Crippen LogP contribution is 2.30. The molecule has 1 aliphatic heterocycles. The summed E-state index contributed by atoms with van der Waals surface area (Å²) in [5, 5.41) is 8.74. The van der Waals surface area contributed by atoms with E-state index in [1.165, 1.54) is 13.0 Å². The molecule has 1 aromatic rings. The summed E-state index contributed by atoms with van der Waals surface area (Å²) in [6.07, 6.45) is 0.664. The number of hydrogen-bond donors (Lipinski definition) is 1. The molecule has 0 saturated heterocycles. The maximum absolute atomic E-state index is 11.8. The molecule has 6 heteroatoms. The molecule has 98 valence electrons. The van der Waals surface area contributed by atoms with E-state index in [-0.39, 0.29) is 23.2 Å². The lowest BCUT2D eigenvalue weighted by Gasteiger charge is -2.14. The topological polar surface area (TPSA) is 74.7 Å². The molecule has 1 aliphatic rings. The number of aliphatic hydroxyl groups excluding tert-OH is 1. The second-order valence-electron chi connectivity index (χ2n) is 4.25. The minimum Gasteiger partial charge on any atom is -0.395 e. The summed E-state index contributed by atoms with van der Waals surface area (Å²) < 4.78 is 23.6. The van der Waals surface area contributed by atoms with E-state index in [9.17, 15) is 13.2 Å². The van der Waals surface area contributed by atoms with Gasteiger partial charge in [-0.25, -0.2) is 8.42 Å². The molecule has 0 aliphatic carbocycles. The summed E-state index contributed by atoms with van der Waals surface area (Å²) in [7, 11) is -3.42. The van der Waals surface area contributed by atoms with Gasteiger partial charge in [-0.05, 0) is 30.2 Å². The zero-order chi connectivity index (χ0) is 13.3. The first-order chi connectivity index (χ1) is 8.45. The Hall–Kier alpha value is -1.40. The number of hydrogen-bond acceptors (Lipinski definition) is 4. The second-order valence-corrected chi connectivity index (χ2v) is 6.36. The third-order valence-electron chi connectivity index (χ3n) is 3.05. The number of sulfone groups is 1. The predicted octanol–water partition coefficient (Wildman–Crippen LogP) is 0.362. The van der Waals surface area contributed by atoms with Crippen molar-refractivity contribution in [3.63, 3.8) is 0 Å². The number of amides is 1. The Morgan fingerprint density at radius 1 is 1.44 bits per heavy atom. The van der Waals surface area contributed by atoms with Crippen LogP contribution in [0.1, 0.15) is 12.5 Å². The van der Waals surface area contributed by atoms with Gasteiger partial charge in [0.15, 0.2) is 9.84 Å². The highest BCUT2D eigenvalue weighted by molar-refractivity contribution is 7.91. The zero-order valence-electron chi connectivity index (χ0n) is 10.1. The molecule has 0 saturated carbocycles. The van der Waals surface area contributed by atoms with Crippen LogP contribution in [0.2, 0.25) is 0 Å². The van der Waals surface area contributed by atoms with E-state index in [1.807, 2.05) is 0 Å². The Labute approximate surface area is 106 Å². The summed E-state index contributed by atoms with van der Waals surface area (Å²) in [4.78, 5) is 13.2. The highest BCUT2D eigenvalue weighted by atomic mass is 32.2. The van der Waals surface area contributed by atoms with Crippen LogP contribution < -0.4 is 4.90 Å². The Morgan fingerprint density at radius 3 is 2.78 bits per heavy atom. The van der Waals surface area contributed by atoms with Crippen molar-refractivity contribution >= 4 is 21.4 Å². The van der Waals surface area contributed by atoms with Gasteiger partial charge in [-0.1, -0.05) is 0 Å². The van der Waals surface area contributed by atoms with E-state index in [4.69, 9.17) is 5.11 Å². The molecule has 18 heavy (non-hydrogen) atoms. The van der Waals surface area contributed by atoms with Crippen LogP contribution in [0.25, 0.3) is 0 Å². The number of fused-ring (bicyclic) bond motifs is 1. The van der Waals surface area contributed by atoms with Gasteiger partial charge in [0, 0.05) is 19.2 Å². The van der Waals surface area contributed by atoms with Gasteiger partial charge in [0.1, 0.15) is 0 Å². The minimum atomic E-state index is -3.42. The van der Waals surface area contributed by atoms with Crippen LogP contribution in [0, 0.1) is 0 Å². The summed E-state index contributed by atoms with van der Waals surface area (Å²) in [5.41, 5.74) is 1.65. The van der Waals surface area contributed by atoms with Crippen molar-refractivity contribution in [1.82, 2.24) is 0 Å². The van der Waals surface area contributed by atoms with Gasteiger partial charge in [0.2, 0.25) is 5.91 Å². The Kier molecular flexibility index (Phi) is 3.41. The molecule has 0 radical (unpaired) electrons. The van der Waals surface area contributed by atoms with Crippen molar-refractivity contribution in [2.45, 2.75) is 18.2 Å². The fourth-order valence-corrected chi connectivity index (χ4v) is 3.21. The minimum absolute atomic E-state index is 0.0419. The van der Waals surface area contributed by atoms with Crippen LogP contribution >= 0.6 is 0 Å². The number of benzene rings is 1. The number of aliphatic hydroxyl groups is 1. The largest absolute Gasteiger partial charge is 0.395 e. The third-order valence-corrected chi connectivity index (χ3v) is 4.74. The van der Waals surface area contributed by atoms with Gasteiger partial charge in [0.25, 0.3) is 0 Å². The average Bonchev–Trinajstić information content (AvgIpc) is 2.71. The highest BCUT2D eigenvalue weighted by Gasteiger charge is 2.24. The number of carbonyl (C=O) groups is 1. The lowest BCUT2D eigenvalue weighted by molar-refractivity contribution is -0.116. The Morgan fingerprint density at radius 2 is 2.17 bits per heavy atom. The van der Waals surface area contributed by atoms with Crippen LogP contribution in [0.5, 0.6) is 0 Å². The molecule has 0 atom stereocenters. The second kappa shape index (κ2) is 4.70. The molecule has 1 N–H and O–H groups in total. The molecule has 1 amide bonds. The molecule has 0 unspecified atom stereocenters. The summed E-state index contributed by atoms with van der Waals surface area (Å²) in [5.74, 6) is -0.318. The lowest BCUT2D eigenvalue weighted by atomic mass is 10.2. The van der Waals surface area contributed by atoms with Crippen LogP contribution in [-0.2, 0) is 21.1 Å². The lowest BCUT2D eigenvalue weighted by Crippen LogP contribution is -2.25. The molecular weight excluding hydrogens is 254 g/mol. The summed E-state index contributed by atoms with van der Waals surface area (Å²) in [6.45, 7) is 1.69. The predicted molar refractivity (Wildman–Crippen MR) is 67.3 cm³/mol. The fourth-order valence-electron chi connectivity index (χ4n) is 2.14. The van der Waals surface area contributed by atoms with Gasteiger partial charge < -0.3 is 10.0 Å². The molecule has 1 aromatic carbocycles. The normalized spacial score (nSPS) is 14.7. The monoisotopic (exact) mass is 269 g/mol. The third kappa shape index (κ3) is 2.26. The molecular formula is C12H15NO4S. The van der Waals surface area contributed by atoms with Crippen molar-refractivity contribution in [3.8, 4) is 0 Å². The maximum Gasteiger partial charge on any atom is 0.223 e. The van der Waals surface area contributed by atoms with Gasteiger partial charge in [-0.15, -0.1) is 0 Å². The first kappa shape index (κ1) is 13.0. The number of nitrogens with zero attached hydrogens (tertiary/aromatic N) is 1.